The molecule has 10 heteroatoms. The van der Waals surface area contributed by atoms with Gasteiger partial charge in [0.15, 0.2) is 0 Å². The van der Waals surface area contributed by atoms with Crippen LogP contribution < -0.4 is 10.7 Å². The standard InChI is InChI=1S/C20H13ClF3N3O3/c21-14-4-6-15(7-5-14)26-18(28)19(29)27-25-11-16-8-9-17(30-16)12-2-1-3-13(10-12)20(22,23)24/h1-11H,(H,26,28)(H,27,29)/b25-11-. The van der Waals surface area contributed by atoms with Gasteiger partial charge in [0.2, 0.25) is 0 Å². The van der Waals surface area contributed by atoms with E-state index in [4.69, 9.17) is 16.0 Å². The van der Waals surface area contributed by atoms with Crippen LogP contribution in [0.5, 0.6) is 0 Å². The van der Waals surface area contributed by atoms with E-state index < -0.39 is 23.6 Å². The van der Waals surface area contributed by atoms with E-state index in [1.165, 1.54) is 36.4 Å². The predicted molar refractivity (Wildman–Crippen MR) is 105 cm³/mol. The van der Waals surface area contributed by atoms with Gasteiger partial charge in [-0.05, 0) is 48.5 Å². The number of benzene rings is 2. The van der Waals surface area contributed by atoms with E-state index in [-0.39, 0.29) is 17.1 Å². The van der Waals surface area contributed by atoms with Gasteiger partial charge in [0.25, 0.3) is 0 Å². The quantitative estimate of drug-likeness (QED) is 0.354. The fraction of sp³-hybridized carbons (Fsp3) is 0.0500. The summed E-state index contributed by atoms with van der Waals surface area (Å²) in [6.07, 6.45) is -3.35. The average molecular weight is 436 g/mol. The minimum absolute atomic E-state index is 0.167. The van der Waals surface area contributed by atoms with Crippen molar-refractivity contribution >= 4 is 35.3 Å². The molecule has 1 aromatic heterocycles. The van der Waals surface area contributed by atoms with Gasteiger partial charge in [0, 0.05) is 16.3 Å². The van der Waals surface area contributed by atoms with Crippen molar-refractivity contribution in [2.75, 3.05) is 5.32 Å². The van der Waals surface area contributed by atoms with Gasteiger partial charge in [-0.3, -0.25) is 9.59 Å². The van der Waals surface area contributed by atoms with Crippen molar-refractivity contribution in [3.63, 3.8) is 0 Å². The smallest absolute Gasteiger partial charge is 0.416 e. The molecular weight excluding hydrogens is 423 g/mol. The SMILES string of the molecule is O=C(N/N=C\c1ccc(-c2cccc(C(F)(F)F)c2)o1)C(=O)Nc1ccc(Cl)cc1. The maximum Gasteiger partial charge on any atom is 0.416 e. The molecule has 3 rings (SSSR count). The van der Waals surface area contributed by atoms with Crippen molar-refractivity contribution in [1.29, 1.82) is 0 Å². The highest BCUT2D eigenvalue weighted by molar-refractivity contribution is 6.39. The summed E-state index contributed by atoms with van der Waals surface area (Å²) >= 11 is 5.74. The highest BCUT2D eigenvalue weighted by Gasteiger charge is 2.30. The van der Waals surface area contributed by atoms with Gasteiger partial charge in [-0.15, -0.1) is 0 Å². The minimum Gasteiger partial charge on any atom is -0.455 e. The Morgan fingerprint density at radius 2 is 1.73 bits per heavy atom. The van der Waals surface area contributed by atoms with Crippen LogP contribution in [-0.2, 0) is 15.8 Å². The number of hydrogen-bond donors (Lipinski definition) is 2. The molecule has 6 nitrogen and oxygen atoms in total. The largest absolute Gasteiger partial charge is 0.455 e. The number of carbonyl (C=O) groups excluding carboxylic acids is 2. The first kappa shape index (κ1) is 21.1. The first-order chi connectivity index (χ1) is 14.2. The van der Waals surface area contributed by atoms with Crippen LogP contribution in [0.4, 0.5) is 18.9 Å². The number of anilines is 1. The molecule has 2 amide bonds. The number of nitrogens with one attached hydrogen (secondary N) is 2. The molecule has 0 radical (unpaired) electrons. The van der Waals surface area contributed by atoms with Gasteiger partial charge in [-0.25, -0.2) is 5.43 Å². The minimum atomic E-state index is -4.47. The molecule has 2 aromatic carbocycles. The molecule has 0 fully saturated rings. The summed E-state index contributed by atoms with van der Waals surface area (Å²) in [5.74, 6) is -1.61. The number of hydrogen-bond acceptors (Lipinski definition) is 4. The molecule has 1 heterocycles. The molecule has 0 aliphatic heterocycles. The lowest BCUT2D eigenvalue weighted by Gasteiger charge is -2.07. The third kappa shape index (κ3) is 5.48. The van der Waals surface area contributed by atoms with Crippen molar-refractivity contribution < 1.29 is 27.2 Å². The van der Waals surface area contributed by atoms with Crippen molar-refractivity contribution in [2.24, 2.45) is 5.10 Å². The van der Waals surface area contributed by atoms with E-state index in [1.54, 1.807) is 12.1 Å². The molecule has 154 valence electrons. The van der Waals surface area contributed by atoms with Crippen molar-refractivity contribution in [2.45, 2.75) is 6.18 Å². The van der Waals surface area contributed by atoms with Crippen LogP contribution in [-0.4, -0.2) is 18.0 Å². The molecule has 2 N–H and O–H groups in total. The molecule has 0 saturated carbocycles. The zero-order valence-electron chi connectivity index (χ0n) is 15.0. The van der Waals surface area contributed by atoms with Gasteiger partial charge < -0.3 is 9.73 Å². The predicted octanol–water partition coefficient (Wildman–Crippen LogP) is 4.71. The summed E-state index contributed by atoms with van der Waals surface area (Å²) in [7, 11) is 0. The number of rotatable bonds is 4. The number of amides is 2. The zero-order valence-corrected chi connectivity index (χ0v) is 15.8. The van der Waals surface area contributed by atoms with Crippen LogP contribution in [0.1, 0.15) is 11.3 Å². The Labute approximate surface area is 173 Å². The third-order valence-corrected chi connectivity index (χ3v) is 4.02. The van der Waals surface area contributed by atoms with Gasteiger partial charge in [-0.2, -0.15) is 18.3 Å². The Bertz CT molecular complexity index is 1090. The van der Waals surface area contributed by atoms with E-state index in [9.17, 15) is 22.8 Å². The van der Waals surface area contributed by atoms with Crippen LogP contribution >= 0.6 is 11.6 Å². The van der Waals surface area contributed by atoms with E-state index >= 15 is 0 Å². The molecule has 0 aliphatic rings. The maximum absolute atomic E-state index is 12.8. The van der Waals surface area contributed by atoms with Crippen LogP contribution in [0, 0.1) is 0 Å². The third-order valence-electron chi connectivity index (χ3n) is 3.77. The van der Waals surface area contributed by atoms with Crippen LogP contribution in [0.2, 0.25) is 5.02 Å². The lowest BCUT2D eigenvalue weighted by Crippen LogP contribution is -2.32. The number of halogens is 4. The summed E-state index contributed by atoms with van der Waals surface area (Å²) in [5.41, 5.74) is 1.83. The lowest BCUT2D eigenvalue weighted by molar-refractivity contribution is -0.137. The highest BCUT2D eigenvalue weighted by atomic mass is 35.5. The second-order valence-corrected chi connectivity index (χ2v) is 6.38. The van der Waals surface area contributed by atoms with Crippen LogP contribution in [0.25, 0.3) is 11.3 Å². The van der Waals surface area contributed by atoms with Gasteiger partial charge in [0.05, 0.1) is 11.8 Å². The number of carbonyl (C=O) groups is 2. The van der Waals surface area contributed by atoms with Crippen molar-refractivity contribution in [1.82, 2.24) is 5.43 Å². The number of hydrazone groups is 1. The van der Waals surface area contributed by atoms with Gasteiger partial charge >= 0.3 is 18.0 Å². The molecule has 30 heavy (non-hydrogen) atoms. The fourth-order valence-corrected chi connectivity index (χ4v) is 2.48. The first-order valence-corrected chi connectivity index (χ1v) is 8.77. The highest BCUT2D eigenvalue weighted by Crippen LogP contribution is 2.32. The molecule has 0 unspecified atom stereocenters. The van der Waals surface area contributed by atoms with Crippen molar-refractivity contribution in [3.8, 4) is 11.3 Å². The molecule has 0 aliphatic carbocycles. The molecular formula is C20H13ClF3N3O3. The Morgan fingerprint density at radius 3 is 2.43 bits per heavy atom. The Balaban J connectivity index is 1.60. The summed E-state index contributed by atoms with van der Waals surface area (Å²) in [5, 5.41) is 6.44. The zero-order chi connectivity index (χ0) is 21.7. The molecule has 0 atom stereocenters. The van der Waals surface area contributed by atoms with Gasteiger partial charge in [-0.1, -0.05) is 23.7 Å². The number of furan rings is 1. The summed E-state index contributed by atoms with van der Waals surface area (Å²) in [4.78, 5) is 23.6. The second kappa shape index (κ2) is 8.83. The van der Waals surface area contributed by atoms with Gasteiger partial charge in [0.1, 0.15) is 11.5 Å². The fourth-order valence-electron chi connectivity index (χ4n) is 2.35. The molecule has 0 bridgehead atoms. The van der Waals surface area contributed by atoms with E-state index in [0.29, 0.717) is 10.7 Å². The number of alkyl halides is 3. The van der Waals surface area contributed by atoms with E-state index in [2.05, 4.69) is 10.4 Å². The van der Waals surface area contributed by atoms with Crippen LogP contribution in [0.3, 0.4) is 0 Å². The summed E-state index contributed by atoms with van der Waals surface area (Å²) < 4.78 is 43.9. The maximum atomic E-state index is 12.8. The lowest BCUT2D eigenvalue weighted by atomic mass is 10.1. The number of nitrogens with zero attached hydrogens (tertiary/aromatic N) is 1. The Kier molecular flexibility index (Phi) is 6.22. The molecule has 3 aromatic rings. The monoisotopic (exact) mass is 435 g/mol. The molecule has 0 saturated heterocycles. The van der Waals surface area contributed by atoms with Crippen molar-refractivity contribution in [3.05, 3.63) is 77.0 Å². The topological polar surface area (TPSA) is 83.7 Å². The van der Waals surface area contributed by atoms with E-state index in [0.717, 1.165) is 18.3 Å². The molecule has 0 spiro atoms. The summed E-state index contributed by atoms with van der Waals surface area (Å²) in [6, 6.07) is 13.7. The first-order valence-electron chi connectivity index (χ1n) is 8.40. The normalized spacial score (nSPS) is 11.5. The Morgan fingerprint density at radius 1 is 1.00 bits per heavy atom. The second-order valence-electron chi connectivity index (χ2n) is 5.94. The Hall–Kier alpha value is -3.59. The van der Waals surface area contributed by atoms with E-state index in [1.807, 2.05) is 5.43 Å². The summed E-state index contributed by atoms with van der Waals surface area (Å²) in [6.45, 7) is 0. The average Bonchev–Trinajstić information content (AvgIpc) is 3.18. The van der Waals surface area contributed by atoms with Crippen LogP contribution in [0.15, 0.2) is 70.2 Å².